The van der Waals surface area contributed by atoms with Crippen LogP contribution in [0.25, 0.3) is 0 Å². The average molecular weight is 290 g/mol. The van der Waals surface area contributed by atoms with Gasteiger partial charge in [-0.2, -0.15) is 0 Å². The van der Waals surface area contributed by atoms with E-state index in [4.69, 9.17) is 0 Å². The van der Waals surface area contributed by atoms with Crippen molar-refractivity contribution in [3.05, 3.63) is 82.9 Å². The van der Waals surface area contributed by atoms with Gasteiger partial charge in [0.2, 0.25) is 0 Å². The molecule has 0 N–H and O–H groups in total. The Morgan fingerprint density at radius 2 is 1.36 bits per heavy atom. The van der Waals surface area contributed by atoms with Crippen LogP contribution in [0.5, 0.6) is 0 Å². The van der Waals surface area contributed by atoms with Crippen LogP contribution in [0.2, 0.25) is 0 Å². The molecule has 2 aromatic rings. The highest BCUT2D eigenvalue weighted by molar-refractivity contribution is 6.33. The molecule has 2 nitrogen and oxygen atoms in total. The fourth-order valence-electron chi connectivity index (χ4n) is 3.09. The van der Waals surface area contributed by atoms with Crippen molar-refractivity contribution in [3.8, 4) is 0 Å². The van der Waals surface area contributed by atoms with Gasteiger partial charge >= 0.3 is 0 Å². The topological polar surface area (TPSA) is 34.1 Å². The first-order valence-corrected chi connectivity index (χ1v) is 7.45. The minimum absolute atomic E-state index is 0.0863. The maximum absolute atomic E-state index is 13.1. The van der Waals surface area contributed by atoms with Gasteiger partial charge in [-0.15, -0.1) is 0 Å². The summed E-state index contributed by atoms with van der Waals surface area (Å²) in [6, 6.07) is 16.5. The lowest BCUT2D eigenvalue weighted by molar-refractivity contribution is 0.0795. The van der Waals surface area contributed by atoms with E-state index < -0.39 is 5.41 Å². The van der Waals surface area contributed by atoms with Gasteiger partial charge < -0.3 is 0 Å². The molecule has 0 bridgehead atoms. The average Bonchev–Trinajstić information content (AvgIpc) is 2.76. The second-order valence-electron chi connectivity index (χ2n) is 5.96. The molecule has 22 heavy (non-hydrogen) atoms. The number of benzene rings is 2. The first kappa shape index (κ1) is 14.5. The first-order valence-electron chi connectivity index (χ1n) is 7.45. The summed E-state index contributed by atoms with van der Waals surface area (Å²) in [6.07, 6.45) is 2.39. The molecule has 0 saturated heterocycles. The van der Waals surface area contributed by atoms with E-state index in [1.54, 1.807) is 12.1 Å². The Kier molecular flexibility index (Phi) is 3.53. The van der Waals surface area contributed by atoms with Crippen molar-refractivity contribution in [1.29, 1.82) is 0 Å². The maximum Gasteiger partial charge on any atom is 0.182 e. The number of Topliss-reactive ketones (excluding diaryl/α,β-unsaturated/α-hetero) is 2. The number of carbonyl (C=O) groups excluding carboxylic acids is 2. The highest BCUT2D eigenvalue weighted by Gasteiger charge is 2.53. The van der Waals surface area contributed by atoms with Gasteiger partial charge in [0.25, 0.3) is 0 Å². The quantitative estimate of drug-likeness (QED) is 0.621. The van der Waals surface area contributed by atoms with Crippen LogP contribution in [0.15, 0.2) is 66.2 Å². The van der Waals surface area contributed by atoms with Crippen LogP contribution in [0.4, 0.5) is 0 Å². The molecule has 0 fully saturated rings. The first-order chi connectivity index (χ1) is 10.6. The standard InChI is InChI=1S/C20H18O2/c1-14(2)12-13-20(15-8-4-3-5-9-15)18(21)16-10-6-7-11-17(16)19(20)22/h3-12H,13H2,1-2H3. The second kappa shape index (κ2) is 5.38. The van der Waals surface area contributed by atoms with Crippen molar-refractivity contribution in [2.75, 3.05) is 0 Å². The van der Waals surface area contributed by atoms with E-state index in [0.717, 1.165) is 11.1 Å². The zero-order valence-electron chi connectivity index (χ0n) is 12.8. The van der Waals surface area contributed by atoms with Crippen molar-refractivity contribution in [2.45, 2.75) is 25.7 Å². The largest absolute Gasteiger partial charge is 0.293 e. The second-order valence-corrected chi connectivity index (χ2v) is 5.96. The Bertz CT molecular complexity index is 730. The number of rotatable bonds is 3. The molecule has 1 aliphatic rings. The minimum atomic E-state index is -1.11. The predicted molar refractivity (Wildman–Crippen MR) is 87.3 cm³/mol. The molecule has 3 rings (SSSR count). The lowest BCUT2D eigenvalue weighted by atomic mass is 9.73. The highest BCUT2D eigenvalue weighted by atomic mass is 16.2. The normalized spacial score (nSPS) is 15.5. The Labute approximate surface area is 130 Å². The van der Waals surface area contributed by atoms with Gasteiger partial charge in [0.1, 0.15) is 5.41 Å². The Morgan fingerprint density at radius 1 is 0.864 bits per heavy atom. The zero-order chi connectivity index (χ0) is 15.7. The van der Waals surface area contributed by atoms with Crippen molar-refractivity contribution >= 4 is 11.6 Å². The Morgan fingerprint density at radius 3 is 1.86 bits per heavy atom. The molecular formula is C20H18O2. The summed E-state index contributed by atoms with van der Waals surface area (Å²) < 4.78 is 0. The van der Waals surface area contributed by atoms with Crippen molar-refractivity contribution in [2.24, 2.45) is 0 Å². The summed E-state index contributed by atoms with van der Waals surface area (Å²) in [5.41, 5.74) is 1.85. The number of carbonyl (C=O) groups is 2. The van der Waals surface area contributed by atoms with Crippen LogP contribution >= 0.6 is 0 Å². The van der Waals surface area contributed by atoms with Crippen LogP contribution in [0.3, 0.4) is 0 Å². The summed E-state index contributed by atoms with van der Waals surface area (Å²) >= 11 is 0. The SMILES string of the molecule is CC(C)=CCC1(c2ccccc2)C(=O)c2ccccc2C1=O. The molecule has 1 aliphatic carbocycles. The van der Waals surface area contributed by atoms with E-state index in [0.29, 0.717) is 17.5 Å². The number of fused-ring (bicyclic) bond motifs is 1. The molecule has 0 atom stereocenters. The van der Waals surface area contributed by atoms with E-state index in [-0.39, 0.29) is 11.6 Å². The number of hydrogen-bond acceptors (Lipinski definition) is 2. The Hall–Kier alpha value is -2.48. The minimum Gasteiger partial charge on any atom is -0.293 e. The molecule has 0 aromatic heterocycles. The molecule has 0 aliphatic heterocycles. The predicted octanol–water partition coefficient (Wildman–Crippen LogP) is 4.36. The molecule has 0 saturated carbocycles. The van der Waals surface area contributed by atoms with Gasteiger partial charge in [-0.25, -0.2) is 0 Å². The smallest absolute Gasteiger partial charge is 0.182 e. The maximum atomic E-state index is 13.1. The lowest BCUT2D eigenvalue weighted by Gasteiger charge is -2.25. The van der Waals surface area contributed by atoms with E-state index in [9.17, 15) is 9.59 Å². The van der Waals surface area contributed by atoms with Crippen LogP contribution in [0, 0.1) is 0 Å². The molecule has 0 amide bonds. The molecular weight excluding hydrogens is 272 g/mol. The van der Waals surface area contributed by atoms with Gasteiger partial charge in [0, 0.05) is 11.1 Å². The fraction of sp³-hybridized carbons (Fsp3) is 0.200. The summed E-state index contributed by atoms with van der Waals surface area (Å²) in [5, 5.41) is 0. The van der Waals surface area contributed by atoms with E-state index in [1.165, 1.54) is 0 Å². The molecule has 0 unspecified atom stereocenters. The molecule has 2 aromatic carbocycles. The van der Waals surface area contributed by atoms with Gasteiger partial charge in [0.05, 0.1) is 0 Å². The van der Waals surface area contributed by atoms with E-state index in [2.05, 4.69) is 0 Å². The summed E-state index contributed by atoms with van der Waals surface area (Å²) in [6.45, 7) is 3.96. The summed E-state index contributed by atoms with van der Waals surface area (Å²) in [7, 11) is 0. The third-order valence-electron chi connectivity index (χ3n) is 4.27. The van der Waals surface area contributed by atoms with Crippen molar-refractivity contribution < 1.29 is 9.59 Å². The lowest BCUT2D eigenvalue weighted by Crippen LogP contribution is -2.38. The fourth-order valence-corrected chi connectivity index (χ4v) is 3.09. The number of allylic oxidation sites excluding steroid dienone is 2. The highest BCUT2D eigenvalue weighted by Crippen LogP contribution is 2.42. The molecule has 0 spiro atoms. The van der Waals surface area contributed by atoms with Gasteiger partial charge in [-0.3, -0.25) is 9.59 Å². The molecule has 2 heteroatoms. The van der Waals surface area contributed by atoms with E-state index >= 15 is 0 Å². The molecule has 110 valence electrons. The third-order valence-corrected chi connectivity index (χ3v) is 4.27. The third kappa shape index (κ3) is 2.03. The zero-order valence-corrected chi connectivity index (χ0v) is 12.8. The van der Waals surface area contributed by atoms with E-state index in [1.807, 2.05) is 62.4 Å². The summed E-state index contributed by atoms with van der Waals surface area (Å²) in [5.74, 6) is -0.173. The molecule has 0 heterocycles. The van der Waals surface area contributed by atoms with Crippen LogP contribution in [-0.4, -0.2) is 11.6 Å². The van der Waals surface area contributed by atoms with Crippen LogP contribution in [0.1, 0.15) is 46.5 Å². The van der Waals surface area contributed by atoms with Gasteiger partial charge in [-0.1, -0.05) is 66.2 Å². The number of hydrogen-bond donors (Lipinski definition) is 0. The van der Waals surface area contributed by atoms with Gasteiger partial charge in [0.15, 0.2) is 11.6 Å². The van der Waals surface area contributed by atoms with Crippen molar-refractivity contribution in [3.63, 3.8) is 0 Å². The van der Waals surface area contributed by atoms with Crippen LogP contribution in [-0.2, 0) is 5.41 Å². The van der Waals surface area contributed by atoms with Crippen molar-refractivity contribution in [1.82, 2.24) is 0 Å². The van der Waals surface area contributed by atoms with Gasteiger partial charge in [-0.05, 0) is 25.8 Å². The molecule has 0 radical (unpaired) electrons. The summed E-state index contributed by atoms with van der Waals surface area (Å²) in [4.78, 5) is 26.2. The Balaban J connectivity index is 2.23. The van der Waals surface area contributed by atoms with Crippen LogP contribution < -0.4 is 0 Å². The number of ketones is 2. The monoisotopic (exact) mass is 290 g/mol.